The molecule has 8 nitrogen and oxygen atoms in total. The molecule has 0 unspecified atom stereocenters. The van der Waals surface area contributed by atoms with Gasteiger partial charge in [-0.15, -0.1) is 5.10 Å². The summed E-state index contributed by atoms with van der Waals surface area (Å²) in [5.41, 5.74) is 1.82. The van der Waals surface area contributed by atoms with Crippen molar-refractivity contribution in [3.63, 3.8) is 0 Å². The molecule has 0 aliphatic carbocycles. The molecule has 0 saturated carbocycles. The van der Waals surface area contributed by atoms with Crippen LogP contribution in [0.5, 0.6) is 0 Å². The summed E-state index contributed by atoms with van der Waals surface area (Å²) in [7, 11) is 0. The average Bonchev–Trinajstić information content (AvgIpc) is 3.19. The number of carbonyl (C=O) groups is 1. The lowest BCUT2D eigenvalue weighted by Crippen LogP contribution is -2.32. The first kappa shape index (κ1) is 21.4. The fourth-order valence-electron chi connectivity index (χ4n) is 4.05. The van der Waals surface area contributed by atoms with Gasteiger partial charge in [0.05, 0.1) is 10.9 Å². The van der Waals surface area contributed by atoms with E-state index in [1.807, 2.05) is 60.7 Å². The van der Waals surface area contributed by atoms with Crippen LogP contribution in [0, 0.1) is 0 Å². The number of para-hydroxylation sites is 1. The minimum absolute atomic E-state index is 0.218. The van der Waals surface area contributed by atoms with Gasteiger partial charge >= 0.3 is 5.69 Å². The minimum atomic E-state index is -0.463. The minimum Gasteiger partial charge on any atom is -0.350 e. The fourth-order valence-corrected chi connectivity index (χ4v) is 4.05. The molecule has 0 saturated heterocycles. The van der Waals surface area contributed by atoms with Gasteiger partial charge in [0.25, 0.3) is 5.56 Å². The highest BCUT2D eigenvalue weighted by Gasteiger charge is 2.18. The molecular weight excluding hydrogens is 430 g/mol. The van der Waals surface area contributed by atoms with Crippen molar-refractivity contribution in [1.82, 2.24) is 24.1 Å². The molecule has 0 atom stereocenters. The molecular formula is C26H23N5O3. The number of rotatable bonds is 7. The number of amides is 1. The normalized spacial score (nSPS) is 11.2. The average molecular weight is 454 g/mol. The van der Waals surface area contributed by atoms with E-state index in [1.165, 1.54) is 8.97 Å². The van der Waals surface area contributed by atoms with E-state index in [1.54, 1.807) is 24.3 Å². The van der Waals surface area contributed by atoms with Crippen molar-refractivity contribution >= 4 is 22.6 Å². The number of carbonyl (C=O) groups excluding carboxylic acids is 1. The Kier molecular flexibility index (Phi) is 5.78. The van der Waals surface area contributed by atoms with Crippen molar-refractivity contribution in [3.8, 4) is 0 Å². The Morgan fingerprint density at radius 2 is 1.47 bits per heavy atom. The molecule has 1 N–H and O–H groups in total. The van der Waals surface area contributed by atoms with Gasteiger partial charge in [-0.05, 0) is 29.7 Å². The topological polar surface area (TPSA) is 90.4 Å². The van der Waals surface area contributed by atoms with Crippen LogP contribution in [0.3, 0.4) is 0 Å². The molecule has 5 rings (SSSR count). The molecule has 0 aliphatic heterocycles. The third-order valence-electron chi connectivity index (χ3n) is 5.78. The van der Waals surface area contributed by atoms with E-state index in [0.29, 0.717) is 30.4 Å². The molecule has 1 amide bonds. The lowest BCUT2D eigenvalue weighted by molar-refractivity contribution is -0.122. The molecule has 8 heteroatoms. The van der Waals surface area contributed by atoms with Gasteiger partial charge < -0.3 is 5.32 Å². The predicted molar refractivity (Wildman–Crippen MR) is 130 cm³/mol. The van der Waals surface area contributed by atoms with Crippen molar-refractivity contribution in [2.75, 3.05) is 0 Å². The van der Waals surface area contributed by atoms with Gasteiger partial charge in [0, 0.05) is 13.1 Å². The van der Waals surface area contributed by atoms with Crippen molar-refractivity contribution in [2.24, 2.45) is 0 Å². The van der Waals surface area contributed by atoms with Crippen LogP contribution in [0.25, 0.3) is 16.7 Å². The second-order valence-corrected chi connectivity index (χ2v) is 8.05. The van der Waals surface area contributed by atoms with Crippen LogP contribution >= 0.6 is 0 Å². The van der Waals surface area contributed by atoms with Crippen molar-refractivity contribution in [3.05, 3.63) is 117 Å². The summed E-state index contributed by atoms with van der Waals surface area (Å²) in [4.78, 5) is 39.1. The summed E-state index contributed by atoms with van der Waals surface area (Å²) < 4.78 is 4.03. The highest BCUT2D eigenvalue weighted by Crippen LogP contribution is 2.12. The summed E-state index contributed by atoms with van der Waals surface area (Å²) in [5, 5.41) is 7.64. The van der Waals surface area contributed by atoms with Gasteiger partial charge in [-0.2, -0.15) is 0 Å². The zero-order chi connectivity index (χ0) is 23.5. The number of aryl methyl sites for hydroxylation is 2. The van der Waals surface area contributed by atoms with Gasteiger partial charge in [0.15, 0.2) is 0 Å². The standard InChI is InChI=1S/C26H23N5O3/c32-23(27-17-20-11-5-2-6-12-20)18-30-26(34)31-22-14-8-7-13-21(22)24(33)29(25(31)28-30)16-15-19-9-3-1-4-10-19/h1-14H,15-18H2,(H,27,32). The summed E-state index contributed by atoms with van der Waals surface area (Å²) in [6, 6.07) is 26.3. The summed E-state index contributed by atoms with van der Waals surface area (Å²) in [5.74, 6) is -0.114. The van der Waals surface area contributed by atoms with E-state index in [0.717, 1.165) is 15.8 Å². The molecule has 0 fully saturated rings. The third-order valence-corrected chi connectivity index (χ3v) is 5.78. The number of fused-ring (bicyclic) bond motifs is 3. The molecule has 0 spiro atoms. The first-order valence-corrected chi connectivity index (χ1v) is 11.1. The number of hydrogen-bond acceptors (Lipinski definition) is 4. The second-order valence-electron chi connectivity index (χ2n) is 8.05. The van der Waals surface area contributed by atoms with Gasteiger partial charge in [-0.1, -0.05) is 72.8 Å². The largest absolute Gasteiger partial charge is 0.352 e. The first-order chi connectivity index (χ1) is 16.6. The Bertz CT molecular complexity index is 1580. The van der Waals surface area contributed by atoms with E-state index in [2.05, 4.69) is 10.4 Å². The summed E-state index contributed by atoms with van der Waals surface area (Å²) in [6.45, 7) is 0.467. The Balaban J connectivity index is 1.51. The summed E-state index contributed by atoms with van der Waals surface area (Å²) in [6.07, 6.45) is 0.605. The molecule has 2 aromatic heterocycles. The highest BCUT2D eigenvalue weighted by molar-refractivity contribution is 5.80. The number of nitrogens with one attached hydrogen (secondary N) is 1. The smallest absolute Gasteiger partial charge is 0.350 e. The molecule has 0 radical (unpaired) electrons. The van der Waals surface area contributed by atoms with Crippen molar-refractivity contribution in [2.45, 2.75) is 26.1 Å². The molecule has 0 bridgehead atoms. The van der Waals surface area contributed by atoms with Crippen LogP contribution in [0.1, 0.15) is 11.1 Å². The van der Waals surface area contributed by atoms with Gasteiger partial charge in [-0.3, -0.25) is 14.2 Å². The Hall–Kier alpha value is -4.46. The number of benzene rings is 3. The van der Waals surface area contributed by atoms with Crippen LogP contribution in [0.4, 0.5) is 0 Å². The Morgan fingerprint density at radius 3 is 2.21 bits per heavy atom. The number of nitrogens with zero attached hydrogens (tertiary/aromatic N) is 4. The number of hydrogen-bond donors (Lipinski definition) is 1. The van der Waals surface area contributed by atoms with Crippen molar-refractivity contribution < 1.29 is 4.79 Å². The molecule has 3 aromatic carbocycles. The van der Waals surface area contributed by atoms with E-state index in [-0.39, 0.29) is 23.8 Å². The van der Waals surface area contributed by atoms with Crippen LogP contribution in [0.2, 0.25) is 0 Å². The monoisotopic (exact) mass is 453 g/mol. The van der Waals surface area contributed by atoms with E-state index in [9.17, 15) is 14.4 Å². The van der Waals surface area contributed by atoms with Gasteiger partial charge in [-0.25, -0.2) is 13.9 Å². The van der Waals surface area contributed by atoms with E-state index < -0.39 is 5.69 Å². The first-order valence-electron chi connectivity index (χ1n) is 11.1. The summed E-state index contributed by atoms with van der Waals surface area (Å²) >= 11 is 0. The third kappa shape index (κ3) is 4.13. The molecule has 0 aliphatic rings. The quantitative estimate of drug-likeness (QED) is 0.410. The van der Waals surface area contributed by atoms with E-state index in [4.69, 9.17) is 0 Å². The van der Waals surface area contributed by atoms with Gasteiger partial charge in [0.2, 0.25) is 11.7 Å². The molecule has 2 heterocycles. The maximum Gasteiger partial charge on any atom is 0.352 e. The van der Waals surface area contributed by atoms with Crippen LogP contribution in [-0.2, 0) is 30.8 Å². The van der Waals surface area contributed by atoms with Crippen LogP contribution in [0.15, 0.2) is 94.5 Å². The van der Waals surface area contributed by atoms with E-state index >= 15 is 0 Å². The fraction of sp³-hybridized carbons (Fsp3) is 0.154. The van der Waals surface area contributed by atoms with Crippen molar-refractivity contribution in [1.29, 1.82) is 0 Å². The maximum atomic E-state index is 13.3. The Labute approximate surface area is 194 Å². The SMILES string of the molecule is O=C(Cn1nc2n(CCc3ccccc3)c(=O)c3ccccc3n2c1=O)NCc1ccccc1. The molecule has 34 heavy (non-hydrogen) atoms. The maximum absolute atomic E-state index is 13.3. The Morgan fingerprint density at radius 1 is 0.824 bits per heavy atom. The number of aromatic nitrogens is 4. The zero-order valence-electron chi connectivity index (χ0n) is 18.4. The van der Waals surface area contributed by atoms with Crippen LogP contribution < -0.4 is 16.6 Å². The molecule has 170 valence electrons. The zero-order valence-corrected chi connectivity index (χ0v) is 18.4. The highest BCUT2D eigenvalue weighted by atomic mass is 16.2. The lowest BCUT2D eigenvalue weighted by atomic mass is 10.1. The van der Waals surface area contributed by atoms with Crippen LogP contribution in [-0.4, -0.2) is 24.7 Å². The molecule has 5 aromatic rings. The second kappa shape index (κ2) is 9.19. The van der Waals surface area contributed by atoms with Gasteiger partial charge in [0.1, 0.15) is 6.54 Å². The lowest BCUT2D eigenvalue weighted by Gasteiger charge is -2.09. The predicted octanol–water partition coefficient (Wildman–Crippen LogP) is 2.37.